The van der Waals surface area contributed by atoms with E-state index in [9.17, 15) is 8.42 Å². The minimum atomic E-state index is -3.40. The van der Waals surface area contributed by atoms with Crippen molar-refractivity contribution in [1.29, 1.82) is 0 Å². The first-order valence-electron chi connectivity index (χ1n) is 7.76. The first-order valence-corrected chi connectivity index (χ1v) is 9.20. The zero-order valence-electron chi connectivity index (χ0n) is 13.1. The van der Waals surface area contributed by atoms with Gasteiger partial charge in [0, 0.05) is 12.6 Å². The van der Waals surface area contributed by atoms with Gasteiger partial charge >= 0.3 is 0 Å². The Labute approximate surface area is 128 Å². The Balaban J connectivity index is 2.32. The topological polar surface area (TPSA) is 46.6 Å². The number of aryl methyl sites for hydroxylation is 1. The van der Waals surface area contributed by atoms with E-state index in [1.807, 2.05) is 13.8 Å². The second-order valence-electron chi connectivity index (χ2n) is 5.53. The quantitative estimate of drug-likeness (QED) is 0.838. The Morgan fingerprint density at radius 1 is 1.29 bits per heavy atom. The number of hydrogen-bond donors (Lipinski definition) is 0. The second-order valence-corrected chi connectivity index (χ2v) is 7.42. The number of hydrogen-bond acceptors (Lipinski definition) is 3. The highest BCUT2D eigenvalue weighted by atomic mass is 32.2. The summed E-state index contributed by atoms with van der Waals surface area (Å²) in [5.41, 5.74) is 0.864. The predicted octanol–water partition coefficient (Wildman–Crippen LogP) is 3.35. The van der Waals surface area contributed by atoms with Gasteiger partial charge in [-0.3, -0.25) is 0 Å². The first-order chi connectivity index (χ1) is 10.0. The van der Waals surface area contributed by atoms with Crippen LogP contribution in [-0.2, 0) is 10.0 Å². The largest absolute Gasteiger partial charge is 0.494 e. The molecule has 0 saturated carbocycles. The number of rotatable bonds is 5. The molecule has 4 nitrogen and oxygen atoms in total. The van der Waals surface area contributed by atoms with E-state index in [-0.39, 0.29) is 6.04 Å². The van der Waals surface area contributed by atoms with Crippen molar-refractivity contribution >= 4 is 10.0 Å². The molecule has 1 atom stereocenters. The Hall–Kier alpha value is -1.07. The molecule has 1 aliphatic rings. The van der Waals surface area contributed by atoms with E-state index in [1.165, 1.54) is 0 Å². The third-order valence-corrected chi connectivity index (χ3v) is 6.05. The van der Waals surface area contributed by atoms with Gasteiger partial charge in [0.1, 0.15) is 5.75 Å². The lowest BCUT2D eigenvalue weighted by Crippen LogP contribution is -2.43. The maximum absolute atomic E-state index is 12.9. The lowest BCUT2D eigenvalue weighted by Gasteiger charge is -2.34. The van der Waals surface area contributed by atoms with Gasteiger partial charge in [-0.15, -0.1) is 0 Å². The number of nitrogens with zero attached hydrogens (tertiary/aromatic N) is 1. The van der Waals surface area contributed by atoms with Crippen LogP contribution in [0.15, 0.2) is 23.1 Å². The molecule has 5 heteroatoms. The number of sulfonamides is 1. The molecule has 1 aromatic carbocycles. The Morgan fingerprint density at radius 2 is 2.05 bits per heavy atom. The average Bonchev–Trinajstić information content (AvgIpc) is 2.49. The van der Waals surface area contributed by atoms with E-state index < -0.39 is 10.0 Å². The second kappa shape index (κ2) is 6.79. The van der Waals surface area contributed by atoms with E-state index in [0.29, 0.717) is 18.0 Å². The van der Waals surface area contributed by atoms with Gasteiger partial charge in [-0.05, 0) is 56.9 Å². The molecule has 0 unspecified atom stereocenters. The van der Waals surface area contributed by atoms with Crippen molar-refractivity contribution in [3.63, 3.8) is 0 Å². The van der Waals surface area contributed by atoms with Crippen LogP contribution in [0.3, 0.4) is 0 Å². The third kappa shape index (κ3) is 3.40. The summed E-state index contributed by atoms with van der Waals surface area (Å²) in [7, 11) is -3.40. The van der Waals surface area contributed by atoms with Crippen molar-refractivity contribution in [3.05, 3.63) is 23.8 Å². The number of ether oxygens (including phenoxy) is 1. The van der Waals surface area contributed by atoms with Crippen LogP contribution >= 0.6 is 0 Å². The van der Waals surface area contributed by atoms with Gasteiger partial charge in [-0.2, -0.15) is 4.31 Å². The molecule has 1 fully saturated rings. The maximum atomic E-state index is 12.9. The molecule has 1 heterocycles. The van der Waals surface area contributed by atoms with E-state index in [0.717, 1.165) is 37.0 Å². The van der Waals surface area contributed by atoms with Crippen molar-refractivity contribution in [2.24, 2.45) is 0 Å². The zero-order chi connectivity index (χ0) is 15.5. The van der Waals surface area contributed by atoms with Crippen LogP contribution in [0.25, 0.3) is 0 Å². The molecular weight excluding hydrogens is 286 g/mol. The van der Waals surface area contributed by atoms with Crippen molar-refractivity contribution in [3.8, 4) is 5.75 Å². The lowest BCUT2D eigenvalue weighted by atomic mass is 10.0. The van der Waals surface area contributed by atoms with E-state index in [1.54, 1.807) is 22.5 Å². The van der Waals surface area contributed by atoms with Gasteiger partial charge in [0.15, 0.2) is 0 Å². The Bertz CT molecular complexity index is 583. The van der Waals surface area contributed by atoms with Crippen molar-refractivity contribution in [2.45, 2.75) is 57.4 Å². The highest BCUT2D eigenvalue weighted by Gasteiger charge is 2.32. The zero-order valence-corrected chi connectivity index (χ0v) is 13.9. The molecule has 0 spiro atoms. The molecule has 2 rings (SSSR count). The Kier molecular flexibility index (Phi) is 5.27. The first kappa shape index (κ1) is 16.3. The SMILES string of the molecule is CCOc1ccc(S(=O)(=O)N2CCCC[C@@H]2CC)cc1C. The molecule has 1 aromatic rings. The molecule has 0 N–H and O–H groups in total. The van der Waals surface area contributed by atoms with Crippen LogP contribution in [0.5, 0.6) is 5.75 Å². The fourth-order valence-electron chi connectivity index (χ4n) is 2.93. The van der Waals surface area contributed by atoms with Crippen LogP contribution in [-0.4, -0.2) is 31.9 Å². The van der Waals surface area contributed by atoms with Crippen LogP contribution in [0.1, 0.15) is 45.1 Å². The lowest BCUT2D eigenvalue weighted by molar-refractivity contribution is 0.246. The Morgan fingerprint density at radius 3 is 2.67 bits per heavy atom. The third-order valence-electron chi connectivity index (χ3n) is 4.10. The molecular formula is C16H25NO3S. The summed E-state index contributed by atoms with van der Waals surface area (Å²) >= 11 is 0. The minimum absolute atomic E-state index is 0.135. The molecule has 0 radical (unpaired) electrons. The van der Waals surface area contributed by atoms with Gasteiger partial charge in [-0.1, -0.05) is 13.3 Å². The van der Waals surface area contributed by atoms with Crippen LogP contribution in [0.2, 0.25) is 0 Å². The van der Waals surface area contributed by atoms with E-state index in [2.05, 4.69) is 6.92 Å². The summed E-state index contributed by atoms with van der Waals surface area (Å²) in [5, 5.41) is 0. The van der Waals surface area contributed by atoms with Gasteiger partial charge in [0.25, 0.3) is 0 Å². The summed E-state index contributed by atoms with van der Waals surface area (Å²) < 4.78 is 32.9. The van der Waals surface area contributed by atoms with Crippen molar-refractivity contribution in [1.82, 2.24) is 4.31 Å². The molecule has 21 heavy (non-hydrogen) atoms. The standard InChI is InChI=1S/C16H25NO3S/c1-4-14-8-6-7-11-17(14)21(18,19)15-9-10-16(20-5-2)13(3)12-15/h9-10,12,14H,4-8,11H2,1-3H3/t14-/m0/s1. The van der Waals surface area contributed by atoms with E-state index >= 15 is 0 Å². The van der Waals surface area contributed by atoms with Gasteiger partial charge in [0.2, 0.25) is 10.0 Å². The van der Waals surface area contributed by atoms with E-state index in [4.69, 9.17) is 4.74 Å². The summed E-state index contributed by atoms with van der Waals surface area (Å²) in [6, 6.07) is 5.28. The molecule has 0 aliphatic carbocycles. The molecule has 0 amide bonds. The summed E-state index contributed by atoms with van der Waals surface area (Å²) in [4.78, 5) is 0.379. The summed E-state index contributed by atoms with van der Waals surface area (Å²) in [6.07, 6.45) is 3.90. The maximum Gasteiger partial charge on any atom is 0.243 e. The fourth-order valence-corrected chi connectivity index (χ4v) is 4.79. The van der Waals surface area contributed by atoms with Crippen LogP contribution in [0.4, 0.5) is 0 Å². The molecule has 1 saturated heterocycles. The normalized spacial score (nSPS) is 20.4. The fraction of sp³-hybridized carbons (Fsp3) is 0.625. The van der Waals surface area contributed by atoms with Crippen molar-refractivity contribution in [2.75, 3.05) is 13.2 Å². The highest BCUT2D eigenvalue weighted by molar-refractivity contribution is 7.89. The number of benzene rings is 1. The highest BCUT2D eigenvalue weighted by Crippen LogP contribution is 2.29. The predicted molar refractivity (Wildman–Crippen MR) is 84.2 cm³/mol. The average molecular weight is 311 g/mol. The summed E-state index contributed by atoms with van der Waals surface area (Å²) in [5.74, 6) is 0.752. The number of piperidine rings is 1. The van der Waals surface area contributed by atoms with Gasteiger partial charge in [0.05, 0.1) is 11.5 Å². The molecule has 1 aliphatic heterocycles. The monoisotopic (exact) mass is 311 g/mol. The van der Waals surface area contributed by atoms with Crippen LogP contribution in [0, 0.1) is 6.92 Å². The van der Waals surface area contributed by atoms with Gasteiger partial charge < -0.3 is 4.74 Å². The smallest absolute Gasteiger partial charge is 0.243 e. The molecule has 0 aromatic heterocycles. The van der Waals surface area contributed by atoms with Crippen LogP contribution < -0.4 is 4.74 Å². The van der Waals surface area contributed by atoms with Gasteiger partial charge in [-0.25, -0.2) is 8.42 Å². The molecule has 0 bridgehead atoms. The minimum Gasteiger partial charge on any atom is -0.494 e. The molecule has 118 valence electrons. The summed E-state index contributed by atoms with van der Waals surface area (Å²) in [6.45, 7) is 7.08. The van der Waals surface area contributed by atoms with Crippen molar-refractivity contribution < 1.29 is 13.2 Å².